The van der Waals surface area contributed by atoms with E-state index >= 15 is 0 Å². The molecule has 0 unspecified atom stereocenters. The van der Waals surface area contributed by atoms with Gasteiger partial charge in [-0.15, -0.1) is 0 Å². The largest absolute Gasteiger partial charge is 0.455 e. The fourth-order valence-corrected chi connectivity index (χ4v) is 2.80. The molecule has 1 aliphatic rings. The lowest BCUT2D eigenvalue weighted by Crippen LogP contribution is -2.39. The van der Waals surface area contributed by atoms with Crippen LogP contribution in [0.1, 0.15) is 19.8 Å². The molecule has 0 saturated carbocycles. The Hall–Kier alpha value is -2.49. The number of amides is 1. The maximum Gasteiger partial charge on any atom is 0.244 e. The Balaban J connectivity index is 1.71. The predicted molar refractivity (Wildman–Crippen MR) is 91.9 cm³/mol. The monoisotopic (exact) mass is 310 g/mol. The Labute approximate surface area is 137 Å². The average Bonchev–Trinajstić information content (AvgIpc) is 3.11. The lowest BCUT2D eigenvalue weighted by molar-refractivity contribution is -0.130. The van der Waals surface area contributed by atoms with Crippen molar-refractivity contribution in [3.63, 3.8) is 0 Å². The molecule has 0 spiro atoms. The third-order valence-electron chi connectivity index (χ3n) is 4.02. The molecule has 120 valence electrons. The summed E-state index contributed by atoms with van der Waals surface area (Å²) in [5, 5.41) is 3.29. The Kier molecular flexibility index (Phi) is 4.81. The third-order valence-corrected chi connectivity index (χ3v) is 4.02. The normalized spacial score (nSPS) is 15.3. The first-order valence-corrected chi connectivity index (χ1v) is 8.11. The summed E-state index contributed by atoms with van der Waals surface area (Å²) in [6.07, 6.45) is 2.21. The number of hydrogen-bond donors (Lipinski definition) is 1. The average molecular weight is 310 g/mol. The quantitative estimate of drug-likeness (QED) is 0.910. The minimum absolute atomic E-state index is 0.150. The first kappa shape index (κ1) is 15.4. The van der Waals surface area contributed by atoms with Crippen molar-refractivity contribution in [2.45, 2.75) is 25.8 Å². The van der Waals surface area contributed by atoms with Gasteiger partial charge in [-0.3, -0.25) is 4.79 Å². The Morgan fingerprint density at radius 1 is 1.04 bits per heavy atom. The number of carbonyl (C=O) groups excluding carboxylic acids is 1. The first-order chi connectivity index (χ1) is 11.2. The zero-order valence-corrected chi connectivity index (χ0v) is 13.4. The van der Waals surface area contributed by atoms with Crippen LogP contribution in [0.4, 0.5) is 5.69 Å². The van der Waals surface area contributed by atoms with E-state index in [1.165, 1.54) is 0 Å². The van der Waals surface area contributed by atoms with Gasteiger partial charge in [-0.2, -0.15) is 0 Å². The van der Waals surface area contributed by atoms with Gasteiger partial charge in [0.05, 0.1) is 5.69 Å². The summed E-state index contributed by atoms with van der Waals surface area (Å²) in [6.45, 7) is 3.64. The van der Waals surface area contributed by atoms with Crippen LogP contribution in [0.3, 0.4) is 0 Å². The molecule has 1 aliphatic heterocycles. The summed E-state index contributed by atoms with van der Waals surface area (Å²) < 4.78 is 5.93. The molecule has 1 fully saturated rings. The van der Waals surface area contributed by atoms with Crippen LogP contribution in [-0.2, 0) is 4.79 Å². The highest BCUT2D eigenvalue weighted by molar-refractivity contribution is 5.85. The number of para-hydroxylation sites is 3. The predicted octanol–water partition coefficient (Wildman–Crippen LogP) is 3.90. The molecular formula is C19H22N2O2. The van der Waals surface area contributed by atoms with E-state index in [0.717, 1.165) is 43.1 Å². The van der Waals surface area contributed by atoms with Gasteiger partial charge in [0.15, 0.2) is 5.75 Å². The number of benzene rings is 2. The van der Waals surface area contributed by atoms with Gasteiger partial charge in [-0.25, -0.2) is 0 Å². The van der Waals surface area contributed by atoms with Gasteiger partial charge in [0.25, 0.3) is 0 Å². The first-order valence-electron chi connectivity index (χ1n) is 8.11. The van der Waals surface area contributed by atoms with Gasteiger partial charge in [0.2, 0.25) is 5.91 Å². The van der Waals surface area contributed by atoms with Crippen LogP contribution in [0, 0.1) is 0 Å². The van der Waals surface area contributed by atoms with Gasteiger partial charge < -0.3 is 15.0 Å². The molecule has 3 rings (SSSR count). The smallest absolute Gasteiger partial charge is 0.244 e. The second kappa shape index (κ2) is 7.18. The minimum atomic E-state index is -0.270. The van der Waals surface area contributed by atoms with Crippen LogP contribution >= 0.6 is 0 Å². The second-order valence-electron chi connectivity index (χ2n) is 5.81. The van der Waals surface area contributed by atoms with Crippen LogP contribution in [0.15, 0.2) is 54.6 Å². The molecule has 0 aromatic heterocycles. The van der Waals surface area contributed by atoms with Gasteiger partial charge in [0, 0.05) is 13.1 Å². The maximum absolute atomic E-state index is 12.4. The van der Waals surface area contributed by atoms with Crippen molar-refractivity contribution < 1.29 is 9.53 Å². The van der Waals surface area contributed by atoms with Crippen molar-refractivity contribution in [1.29, 1.82) is 0 Å². The lowest BCUT2D eigenvalue weighted by Gasteiger charge is -2.23. The van der Waals surface area contributed by atoms with Crippen LogP contribution in [0.2, 0.25) is 0 Å². The third kappa shape index (κ3) is 3.83. The van der Waals surface area contributed by atoms with E-state index in [4.69, 9.17) is 4.74 Å². The molecule has 0 aliphatic carbocycles. The zero-order chi connectivity index (χ0) is 16.1. The van der Waals surface area contributed by atoms with Crippen molar-refractivity contribution in [1.82, 2.24) is 4.90 Å². The van der Waals surface area contributed by atoms with Crippen molar-refractivity contribution in [2.24, 2.45) is 0 Å². The van der Waals surface area contributed by atoms with Crippen LogP contribution in [0.25, 0.3) is 0 Å². The van der Waals surface area contributed by atoms with Crippen molar-refractivity contribution >= 4 is 11.6 Å². The molecule has 2 aromatic rings. The Bertz CT molecular complexity index is 651. The van der Waals surface area contributed by atoms with Gasteiger partial charge >= 0.3 is 0 Å². The fraction of sp³-hybridized carbons (Fsp3) is 0.316. The van der Waals surface area contributed by atoms with Gasteiger partial charge in [-0.1, -0.05) is 30.3 Å². The summed E-state index contributed by atoms with van der Waals surface area (Å²) in [5.74, 6) is 1.65. The molecule has 4 nitrogen and oxygen atoms in total. The number of hydrogen-bond acceptors (Lipinski definition) is 3. The summed E-state index contributed by atoms with van der Waals surface area (Å²) in [7, 11) is 0. The van der Waals surface area contributed by atoms with Gasteiger partial charge in [-0.05, 0) is 44.0 Å². The van der Waals surface area contributed by atoms with E-state index in [2.05, 4.69) is 5.32 Å². The van der Waals surface area contributed by atoms with Crippen LogP contribution < -0.4 is 10.1 Å². The number of rotatable bonds is 5. The van der Waals surface area contributed by atoms with Gasteiger partial charge in [0.1, 0.15) is 11.8 Å². The molecule has 0 radical (unpaired) electrons. The van der Waals surface area contributed by atoms with E-state index in [9.17, 15) is 4.79 Å². The molecule has 4 heteroatoms. The Morgan fingerprint density at radius 2 is 1.70 bits per heavy atom. The number of carbonyl (C=O) groups is 1. The number of likely N-dealkylation sites (tertiary alicyclic amines) is 1. The molecule has 2 aromatic carbocycles. The SMILES string of the molecule is C[C@H](Nc1ccccc1Oc1ccccc1)C(=O)N1CCCC1. The second-order valence-corrected chi connectivity index (χ2v) is 5.81. The van der Waals surface area contributed by atoms with E-state index in [0.29, 0.717) is 0 Å². The van der Waals surface area contributed by atoms with Crippen molar-refractivity contribution in [3.05, 3.63) is 54.6 Å². The minimum Gasteiger partial charge on any atom is -0.455 e. The maximum atomic E-state index is 12.4. The molecule has 0 bridgehead atoms. The molecule has 1 heterocycles. The molecule has 1 amide bonds. The summed E-state index contributed by atoms with van der Waals surface area (Å²) in [6, 6.07) is 17.1. The van der Waals surface area contributed by atoms with E-state index in [1.807, 2.05) is 66.4 Å². The molecule has 1 N–H and O–H groups in total. The summed E-state index contributed by atoms with van der Waals surface area (Å²) in [5.41, 5.74) is 0.830. The highest BCUT2D eigenvalue weighted by Crippen LogP contribution is 2.29. The van der Waals surface area contributed by atoms with Crippen molar-refractivity contribution in [3.8, 4) is 11.5 Å². The van der Waals surface area contributed by atoms with E-state index in [1.54, 1.807) is 0 Å². The molecule has 23 heavy (non-hydrogen) atoms. The zero-order valence-electron chi connectivity index (χ0n) is 13.4. The number of anilines is 1. The fourth-order valence-electron chi connectivity index (χ4n) is 2.80. The highest BCUT2D eigenvalue weighted by atomic mass is 16.5. The van der Waals surface area contributed by atoms with Crippen LogP contribution in [0.5, 0.6) is 11.5 Å². The molecule has 1 saturated heterocycles. The lowest BCUT2D eigenvalue weighted by atomic mass is 10.2. The van der Waals surface area contributed by atoms with Crippen molar-refractivity contribution in [2.75, 3.05) is 18.4 Å². The number of ether oxygens (including phenoxy) is 1. The summed E-state index contributed by atoms with van der Waals surface area (Å²) >= 11 is 0. The molecular weight excluding hydrogens is 288 g/mol. The van der Waals surface area contributed by atoms with Crippen LogP contribution in [-0.4, -0.2) is 29.9 Å². The summed E-state index contributed by atoms with van der Waals surface area (Å²) in [4.78, 5) is 14.4. The number of nitrogens with zero attached hydrogens (tertiary/aromatic N) is 1. The van der Waals surface area contributed by atoms with E-state index in [-0.39, 0.29) is 11.9 Å². The number of nitrogens with one attached hydrogen (secondary N) is 1. The Morgan fingerprint density at radius 3 is 2.43 bits per heavy atom. The standard InChI is InChI=1S/C19H22N2O2/c1-15(19(22)21-13-7-8-14-21)20-17-11-5-6-12-18(17)23-16-9-3-2-4-10-16/h2-6,9-12,15,20H,7-8,13-14H2,1H3/t15-/m0/s1. The van der Waals surface area contributed by atoms with E-state index < -0.39 is 0 Å². The highest BCUT2D eigenvalue weighted by Gasteiger charge is 2.23. The topological polar surface area (TPSA) is 41.6 Å². The molecule has 1 atom stereocenters.